The number of hydrogen-bond donors (Lipinski definition) is 1. The van der Waals surface area contributed by atoms with Crippen molar-refractivity contribution in [1.29, 1.82) is 0 Å². The quantitative estimate of drug-likeness (QED) is 0.216. The second kappa shape index (κ2) is 9.84. The van der Waals surface area contributed by atoms with Crippen LogP contribution >= 0.6 is 15.9 Å². The van der Waals surface area contributed by atoms with Gasteiger partial charge in [0.2, 0.25) is 0 Å². The first-order valence-electron chi connectivity index (χ1n) is 14.1. The molecule has 0 bridgehead atoms. The number of hydrogen-bond acceptors (Lipinski definition) is 3. The Morgan fingerprint density at radius 3 is 2.44 bits per heavy atom. The molecular weight excluding hydrogens is 488 g/mol. The first-order valence-corrected chi connectivity index (χ1v) is 15.0. The van der Waals surface area contributed by atoms with Crippen LogP contribution < -0.4 is 0 Å². The molecule has 4 aliphatic rings. The van der Waals surface area contributed by atoms with Crippen LogP contribution in [0.15, 0.2) is 11.6 Å². The van der Waals surface area contributed by atoms with E-state index >= 15 is 0 Å². The minimum absolute atomic E-state index is 0.0782. The van der Waals surface area contributed by atoms with Crippen LogP contribution in [0.5, 0.6) is 0 Å². The highest BCUT2D eigenvalue weighted by atomic mass is 79.9. The molecule has 1 N–H and O–H groups in total. The fourth-order valence-corrected chi connectivity index (χ4v) is 9.93. The summed E-state index contributed by atoms with van der Waals surface area (Å²) in [4.78, 5) is 11.7. The molecule has 0 spiro atoms. The molecule has 4 rings (SSSR count). The van der Waals surface area contributed by atoms with E-state index in [-0.39, 0.29) is 28.4 Å². The van der Waals surface area contributed by atoms with E-state index < -0.39 is 0 Å². The van der Waals surface area contributed by atoms with Gasteiger partial charge in [-0.1, -0.05) is 69.1 Å². The molecule has 3 saturated carbocycles. The maximum atomic E-state index is 11.5. The zero-order chi connectivity index (χ0) is 25.0. The van der Waals surface area contributed by atoms with E-state index in [2.05, 4.69) is 63.5 Å². The molecule has 4 heteroatoms. The first kappa shape index (κ1) is 26.7. The second-order valence-corrected chi connectivity index (χ2v) is 14.4. The van der Waals surface area contributed by atoms with Crippen LogP contribution in [-0.2, 0) is 9.53 Å². The molecule has 3 fully saturated rings. The molecule has 194 valence electrons. The van der Waals surface area contributed by atoms with Gasteiger partial charge in [0.15, 0.2) is 0 Å². The van der Waals surface area contributed by atoms with E-state index in [9.17, 15) is 9.90 Å². The number of carbonyl (C=O) groups is 1. The fourth-order valence-electron chi connectivity index (χ4n) is 9.08. The minimum atomic E-state index is -0.291. The van der Waals surface area contributed by atoms with Crippen molar-refractivity contribution in [2.45, 2.75) is 117 Å². The third-order valence-electron chi connectivity index (χ3n) is 11.5. The van der Waals surface area contributed by atoms with Crippen molar-refractivity contribution in [1.82, 2.24) is 0 Å². The monoisotopic (exact) mass is 536 g/mol. The van der Waals surface area contributed by atoms with Gasteiger partial charge in [-0.25, -0.2) is 0 Å². The largest absolute Gasteiger partial charge is 0.462 e. The van der Waals surface area contributed by atoms with Gasteiger partial charge >= 0.3 is 5.97 Å². The van der Waals surface area contributed by atoms with Gasteiger partial charge in [-0.05, 0) is 97.2 Å². The Hall–Kier alpha value is -0.350. The average Bonchev–Trinajstić information content (AvgIpc) is 3.14. The lowest BCUT2D eigenvalue weighted by atomic mass is 9.47. The molecule has 3 nitrogen and oxygen atoms in total. The number of ether oxygens (including phenoxy) is 1. The Bertz CT molecular complexity index is 792. The summed E-state index contributed by atoms with van der Waals surface area (Å²) in [7, 11) is 0. The first-order chi connectivity index (χ1) is 15.9. The van der Waals surface area contributed by atoms with Crippen LogP contribution in [-0.4, -0.2) is 28.1 Å². The lowest BCUT2D eigenvalue weighted by molar-refractivity contribution is -0.148. The van der Waals surface area contributed by atoms with E-state index in [1.165, 1.54) is 32.1 Å². The summed E-state index contributed by atoms with van der Waals surface area (Å²) in [6.07, 6.45) is 11.9. The van der Waals surface area contributed by atoms with Crippen LogP contribution in [0.4, 0.5) is 0 Å². The highest BCUT2D eigenvalue weighted by molar-refractivity contribution is 9.09. The summed E-state index contributed by atoms with van der Waals surface area (Å²) >= 11 is 3.98. The molecule has 0 unspecified atom stereocenters. The number of esters is 1. The van der Waals surface area contributed by atoms with E-state index in [4.69, 9.17) is 4.74 Å². The number of halogens is 1. The van der Waals surface area contributed by atoms with Gasteiger partial charge in [-0.3, -0.25) is 4.79 Å². The van der Waals surface area contributed by atoms with Crippen LogP contribution in [0, 0.1) is 52.3 Å². The number of rotatable bonds is 6. The third kappa shape index (κ3) is 4.46. The molecule has 0 amide bonds. The third-order valence-corrected chi connectivity index (χ3v) is 12.9. The van der Waals surface area contributed by atoms with Gasteiger partial charge in [0.05, 0.1) is 6.10 Å². The van der Waals surface area contributed by atoms with Crippen molar-refractivity contribution in [2.24, 2.45) is 52.3 Å². The molecule has 0 aromatic carbocycles. The molecule has 0 radical (unpaired) electrons. The summed E-state index contributed by atoms with van der Waals surface area (Å²) < 4.78 is 5.62. The number of allylic oxidation sites excluding steroid dienone is 1. The van der Waals surface area contributed by atoms with Crippen molar-refractivity contribution in [3.8, 4) is 0 Å². The normalized spacial score (nSPS) is 43.1. The van der Waals surface area contributed by atoms with Gasteiger partial charge < -0.3 is 9.84 Å². The summed E-state index contributed by atoms with van der Waals surface area (Å²) in [6.45, 7) is 15.7. The van der Waals surface area contributed by atoms with Crippen molar-refractivity contribution >= 4 is 21.9 Å². The predicted molar refractivity (Wildman–Crippen MR) is 143 cm³/mol. The zero-order valence-electron chi connectivity index (χ0n) is 22.6. The Morgan fingerprint density at radius 2 is 1.79 bits per heavy atom. The predicted octanol–water partition coefficient (Wildman–Crippen LogP) is 7.55. The lowest BCUT2D eigenvalue weighted by Crippen LogP contribution is -2.51. The van der Waals surface area contributed by atoms with Crippen LogP contribution in [0.1, 0.15) is 99.8 Å². The number of fused-ring (bicyclic) bond motifs is 5. The van der Waals surface area contributed by atoms with Gasteiger partial charge in [0, 0.05) is 18.2 Å². The van der Waals surface area contributed by atoms with Crippen LogP contribution in [0.2, 0.25) is 0 Å². The Labute approximate surface area is 217 Å². The average molecular weight is 538 g/mol. The molecular formula is C30H49BrO3. The summed E-state index contributed by atoms with van der Waals surface area (Å²) in [5, 5.41) is 11.1. The highest BCUT2D eigenvalue weighted by Crippen LogP contribution is 2.67. The van der Waals surface area contributed by atoms with Crippen molar-refractivity contribution in [3.05, 3.63) is 11.6 Å². The summed E-state index contributed by atoms with van der Waals surface area (Å²) in [6, 6.07) is 0. The smallest absolute Gasteiger partial charge is 0.302 e. The SMILES string of the molecule is CC(=O)O[C@H]1CC[C@@]2(C)C(=CC[C@H]3[C@@H]4CC[C@H]([C@H](C)[C@H](Br)[C@H](O)[C@H](C)C(C)C)[C@@]4(C)CC[C@@H]32)C1. The van der Waals surface area contributed by atoms with Crippen molar-refractivity contribution < 1.29 is 14.6 Å². The minimum Gasteiger partial charge on any atom is -0.462 e. The van der Waals surface area contributed by atoms with Crippen molar-refractivity contribution in [2.75, 3.05) is 0 Å². The van der Waals surface area contributed by atoms with Gasteiger partial charge in [-0.2, -0.15) is 0 Å². The zero-order valence-corrected chi connectivity index (χ0v) is 24.2. The van der Waals surface area contributed by atoms with Gasteiger partial charge in [0.1, 0.15) is 6.10 Å². The second-order valence-electron chi connectivity index (χ2n) is 13.4. The topological polar surface area (TPSA) is 46.5 Å². The summed E-state index contributed by atoms with van der Waals surface area (Å²) in [5.74, 6) is 4.15. The molecule has 34 heavy (non-hydrogen) atoms. The number of aliphatic hydroxyl groups excluding tert-OH is 1. The maximum Gasteiger partial charge on any atom is 0.302 e. The van der Waals surface area contributed by atoms with E-state index in [1.807, 2.05) is 0 Å². The van der Waals surface area contributed by atoms with Crippen LogP contribution in [0.3, 0.4) is 0 Å². The fraction of sp³-hybridized carbons (Fsp3) is 0.900. The van der Waals surface area contributed by atoms with Gasteiger partial charge in [-0.15, -0.1) is 0 Å². The lowest BCUT2D eigenvalue weighted by Gasteiger charge is -2.58. The maximum absolute atomic E-state index is 11.5. The van der Waals surface area contributed by atoms with Crippen LogP contribution in [0.25, 0.3) is 0 Å². The van der Waals surface area contributed by atoms with Crippen molar-refractivity contribution in [3.63, 3.8) is 0 Å². The molecule has 4 aliphatic carbocycles. The Kier molecular flexibility index (Phi) is 7.73. The Morgan fingerprint density at radius 1 is 1.09 bits per heavy atom. The standard InChI is InChI=1S/C30H49BrO3/c1-17(2)18(3)28(33)27(31)19(4)24-10-11-25-23-9-8-21-16-22(34-20(5)32)12-14-29(21,6)26(23)13-15-30(24,25)7/h8,17-19,22-28,33H,9-16H2,1-7H3/t18-,19+,22+,23+,24-,25+,26+,27+,28-,29+,30-/m1/s1. The number of aliphatic hydroxyl groups is 1. The molecule has 0 aromatic heterocycles. The molecule has 0 aliphatic heterocycles. The number of carbonyl (C=O) groups excluding carboxylic acids is 1. The molecule has 0 saturated heterocycles. The summed E-state index contributed by atoms with van der Waals surface area (Å²) in [5.41, 5.74) is 2.24. The van der Waals surface area contributed by atoms with Gasteiger partial charge in [0.25, 0.3) is 0 Å². The number of alkyl halides is 1. The Balaban J connectivity index is 1.51. The van der Waals surface area contributed by atoms with E-state index in [0.29, 0.717) is 29.1 Å². The molecule has 11 atom stereocenters. The molecule has 0 heterocycles. The van der Waals surface area contributed by atoms with E-state index in [0.717, 1.165) is 37.0 Å². The highest BCUT2D eigenvalue weighted by Gasteiger charge is 2.60. The van der Waals surface area contributed by atoms with E-state index in [1.54, 1.807) is 12.5 Å². The molecule has 0 aromatic rings.